The van der Waals surface area contributed by atoms with E-state index in [1.165, 1.54) is 23.9 Å². The van der Waals surface area contributed by atoms with Crippen LogP contribution in [0.25, 0.3) is 10.9 Å². The van der Waals surface area contributed by atoms with E-state index < -0.39 is 0 Å². The van der Waals surface area contributed by atoms with Crippen molar-refractivity contribution < 1.29 is 4.39 Å². The summed E-state index contributed by atoms with van der Waals surface area (Å²) < 4.78 is 14.9. The van der Waals surface area contributed by atoms with Gasteiger partial charge in [0, 0.05) is 5.75 Å². The zero-order chi connectivity index (χ0) is 20.2. The second kappa shape index (κ2) is 8.29. The topological polar surface area (TPSA) is 58.7 Å². The predicted molar refractivity (Wildman–Crippen MR) is 112 cm³/mol. The lowest BCUT2D eigenvalue weighted by atomic mass is 10.2. The normalized spacial score (nSPS) is 10.8. The molecule has 29 heavy (non-hydrogen) atoms. The Morgan fingerprint density at radius 3 is 2.59 bits per heavy atom. The van der Waals surface area contributed by atoms with Crippen LogP contribution in [-0.4, -0.2) is 9.55 Å². The van der Waals surface area contributed by atoms with Gasteiger partial charge in [-0.1, -0.05) is 48.2 Å². The molecule has 0 saturated heterocycles. The molecule has 4 aromatic rings. The van der Waals surface area contributed by atoms with Crippen molar-refractivity contribution in [3.05, 3.63) is 106 Å². The number of aromatic nitrogens is 2. The molecule has 0 unspecified atom stereocenters. The summed E-state index contributed by atoms with van der Waals surface area (Å²) in [4.78, 5) is 17.8. The average molecular weight is 401 g/mol. The maximum atomic E-state index is 13.3. The van der Waals surface area contributed by atoms with Crippen LogP contribution in [0.15, 0.2) is 82.7 Å². The maximum Gasteiger partial charge on any atom is 0.262 e. The Hall–Kier alpha value is -3.43. The van der Waals surface area contributed by atoms with Crippen LogP contribution in [0.3, 0.4) is 0 Å². The van der Waals surface area contributed by atoms with Gasteiger partial charge in [-0.05, 0) is 47.5 Å². The van der Waals surface area contributed by atoms with Crippen LogP contribution < -0.4 is 5.56 Å². The molecule has 0 bridgehead atoms. The van der Waals surface area contributed by atoms with Crippen molar-refractivity contribution in [1.82, 2.24) is 9.55 Å². The fourth-order valence-corrected chi connectivity index (χ4v) is 3.99. The minimum atomic E-state index is -0.315. The van der Waals surface area contributed by atoms with Crippen molar-refractivity contribution in [3.8, 4) is 6.07 Å². The van der Waals surface area contributed by atoms with Crippen LogP contribution in [0.1, 0.15) is 16.7 Å². The van der Waals surface area contributed by atoms with E-state index in [2.05, 4.69) is 6.07 Å². The second-order valence-corrected chi connectivity index (χ2v) is 7.47. The summed E-state index contributed by atoms with van der Waals surface area (Å²) in [6.07, 6.45) is 0. The zero-order valence-corrected chi connectivity index (χ0v) is 16.2. The third kappa shape index (κ3) is 4.20. The van der Waals surface area contributed by atoms with Gasteiger partial charge in [0.1, 0.15) is 5.82 Å². The molecular weight excluding hydrogens is 385 g/mol. The number of thioether (sulfide) groups is 1. The lowest BCUT2D eigenvalue weighted by Gasteiger charge is -2.13. The van der Waals surface area contributed by atoms with E-state index in [4.69, 9.17) is 10.2 Å². The van der Waals surface area contributed by atoms with Crippen LogP contribution in [0.2, 0.25) is 0 Å². The lowest BCUT2D eigenvalue weighted by Crippen LogP contribution is -2.24. The number of nitriles is 1. The molecular formula is C23H16FN3OS. The number of rotatable bonds is 5. The zero-order valence-electron chi connectivity index (χ0n) is 15.4. The Labute approximate surface area is 171 Å². The van der Waals surface area contributed by atoms with Gasteiger partial charge in [-0.15, -0.1) is 0 Å². The number of nitrogens with zero attached hydrogens (tertiary/aromatic N) is 3. The van der Waals surface area contributed by atoms with E-state index in [1.807, 2.05) is 36.4 Å². The molecule has 0 aliphatic heterocycles. The molecule has 4 rings (SSSR count). The van der Waals surface area contributed by atoms with Crippen molar-refractivity contribution in [2.24, 2.45) is 0 Å². The Bertz CT molecular complexity index is 1280. The van der Waals surface area contributed by atoms with Gasteiger partial charge < -0.3 is 0 Å². The molecule has 0 saturated carbocycles. The van der Waals surface area contributed by atoms with Gasteiger partial charge in [0.25, 0.3) is 5.56 Å². The number of hydrogen-bond donors (Lipinski definition) is 0. The molecule has 0 aliphatic carbocycles. The fourth-order valence-electron chi connectivity index (χ4n) is 3.05. The molecule has 0 aliphatic rings. The monoisotopic (exact) mass is 401 g/mol. The number of para-hydroxylation sites is 1. The van der Waals surface area contributed by atoms with Gasteiger partial charge >= 0.3 is 0 Å². The van der Waals surface area contributed by atoms with E-state index in [1.54, 1.807) is 28.8 Å². The standard InChI is InChI=1S/C23H16FN3OS/c24-19-10-8-16(9-11-19)14-27-22(28)20-6-1-2-7-21(20)26-23(27)29-15-18-5-3-4-17(12-18)13-25/h1-12H,14-15H2. The molecule has 0 spiro atoms. The molecule has 3 aromatic carbocycles. The van der Waals surface area contributed by atoms with E-state index in [-0.39, 0.29) is 11.4 Å². The molecule has 0 fully saturated rings. The summed E-state index contributed by atoms with van der Waals surface area (Å²) in [5.41, 5.74) is 2.90. The average Bonchev–Trinajstić information content (AvgIpc) is 2.76. The Morgan fingerprint density at radius 2 is 1.79 bits per heavy atom. The minimum absolute atomic E-state index is 0.131. The van der Waals surface area contributed by atoms with Gasteiger partial charge in [0.05, 0.1) is 29.1 Å². The first-order valence-corrected chi connectivity index (χ1v) is 9.98. The highest BCUT2D eigenvalue weighted by Gasteiger charge is 2.12. The highest BCUT2D eigenvalue weighted by atomic mass is 32.2. The molecule has 1 aromatic heterocycles. The summed E-state index contributed by atoms with van der Waals surface area (Å²) >= 11 is 1.44. The third-order valence-electron chi connectivity index (χ3n) is 4.50. The molecule has 1 heterocycles. The highest BCUT2D eigenvalue weighted by Crippen LogP contribution is 2.23. The second-order valence-electron chi connectivity index (χ2n) is 6.53. The van der Waals surface area contributed by atoms with Crippen molar-refractivity contribution in [2.45, 2.75) is 17.5 Å². The van der Waals surface area contributed by atoms with Gasteiger partial charge in [-0.3, -0.25) is 9.36 Å². The summed E-state index contributed by atoms with van der Waals surface area (Å²) in [5, 5.41) is 10.2. The largest absolute Gasteiger partial charge is 0.283 e. The molecule has 0 amide bonds. The number of hydrogen-bond acceptors (Lipinski definition) is 4. The first kappa shape index (κ1) is 18.9. The summed E-state index contributed by atoms with van der Waals surface area (Å²) in [6.45, 7) is 0.303. The van der Waals surface area contributed by atoms with Crippen LogP contribution >= 0.6 is 11.8 Å². The smallest absolute Gasteiger partial charge is 0.262 e. The van der Waals surface area contributed by atoms with Crippen LogP contribution in [0.5, 0.6) is 0 Å². The maximum absolute atomic E-state index is 13.3. The summed E-state index contributed by atoms with van der Waals surface area (Å²) in [7, 11) is 0. The van der Waals surface area contributed by atoms with Crippen molar-refractivity contribution in [3.63, 3.8) is 0 Å². The van der Waals surface area contributed by atoms with E-state index in [0.717, 1.165) is 11.1 Å². The Balaban J connectivity index is 1.73. The third-order valence-corrected chi connectivity index (χ3v) is 5.55. The van der Waals surface area contributed by atoms with Crippen LogP contribution in [0, 0.1) is 17.1 Å². The number of benzene rings is 3. The van der Waals surface area contributed by atoms with E-state index >= 15 is 0 Å². The molecule has 0 N–H and O–H groups in total. The number of fused-ring (bicyclic) bond motifs is 1. The van der Waals surface area contributed by atoms with Crippen molar-refractivity contribution in [1.29, 1.82) is 5.26 Å². The fraction of sp³-hybridized carbons (Fsp3) is 0.0870. The summed E-state index contributed by atoms with van der Waals surface area (Å²) in [5.74, 6) is 0.258. The first-order chi connectivity index (χ1) is 14.1. The Morgan fingerprint density at radius 1 is 1.00 bits per heavy atom. The van der Waals surface area contributed by atoms with Crippen LogP contribution in [-0.2, 0) is 12.3 Å². The minimum Gasteiger partial charge on any atom is -0.283 e. The molecule has 0 atom stereocenters. The highest BCUT2D eigenvalue weighted by molar-refractivity contribution is 7.98. The van der Waals surface area contributed by atoms with Crippen molar-refractivity contribution >= 4 is 22.7 Å². The molecule has 6 heteroatoms. The molecule has 142 valence electrons. The van der Waals surface area contributed by atoms with Crippen LogP contribution in [0.4, 0.5) is 4.39 Å². The predicted octanol–water partition coefficient (Wildman–Crippen LogP) is 4.75. The van der Waals surface area contributed by atoms with Gasteiger partial charge in [-0.2, -0.15) is 5.26 Å². The Kier molecular flexibility index (Phi) is 5.41. The van der Waals surface area contributed by atoms with Gasteiger partial charge in [-0.25, -0.2) is 9.37 Å². The lowest BCUT2D eigenvalue weighted by molar-refractivity contribution is 0.622. The van der Waals surface area contributed by atoms with Crippen molar-refractivity contribution in [2.75, 3.05) is 0 Å². The van der Waals surface area contributed by atoms with Gasteiger partial charge in [0.15, 0.2) is 5.16 Å². The van der Waals surface area contributed by atoms with Gasteiger partial charge in [0.2, 0.25) is 0 Å². The SMILES string of the molecule is N#Cc1cccc(CSc2nc3ccccc3c(=O)n2Cc2ccc(F)cc2)c1. The van der Waals surface area contributed by atoms with E-state index in [9.17, 15) is 9.18 Å². The first-order valence-electron chi connectivity index (χ1n) is 9.00. The molecule has 0 radical (unpaired) electrons. The van der Waals surface area contributed by atoms with E-state index in [0.29, 0.717) is 33.9 Å². The summed E-state index contributed by atoms with van der Waals surface area (Å²) in [6, 6.07) is 22.9. The quantitative estimate of drug-likeness (QED) is 0.358. The number of halogens is 1. The molecule has 4 nitrogen and oxygen atoms in total.